The molecule has 0 heterocycles. The van der Waals surface area contributed by atoms with Crippen molar-refractivity contribution in [3.8, 4) is 0 Å². The molecule has 0 radical (unpaired) electrons. The molecule has 1 aromatic rings. The summed E-state index contributed by atoms with van der Waals surface area (Å²) < 4.78 is 26.2. The average molecular weight is 231 g/mol. The maximum Gasteiger partial charge on any atom is 0.307 e. The molecular formula is C9H11F2N3O2. The monoisotopic (exact) mass is 231 g/mol. The van der Waals surface area contributed by atoms with E-state index in [0.29, 0.717) is 6.07 Å². The maximum absolute atomic E-state index is 13.2. The number of nitro benzene ring substituents is 1. The van der Waals surface area contributed by atoms with E-state index in [1.165, 1.54) is 0 Å². The highest BCUT2D eigenvalue weighted by Crippen LogP contribution is 2.25. The van der Waals surface area contributed by atoms with E-state index < -0.39 is 22.2 Å². The van der Waals surface area contributed by atoms with Gasteiger partial charge in [0.05, 0.1) is 10.6 Å². The van der Waals surface area contributed by atoms with Crippen molar-refractivity contribution in [2.45, 2.75) is 13.0 Å². The first kappa shape index (κ1) is 12.3. The summed E-state index contributed by atoms with van der Waals surface area (Å²) in [6, 6.07) is 1.03. The van der Waals surface area contributed by atoms with E-state index in [1.807, 2.05) is 0 Å². The van der Waals surface area contributed by atoms with Crippen molar-refractivity contribution in [1.82, 2.24) is 0 Å². The number of nitrogens with one attached hydrogen (secondary N) is 1. The Hall–Kier alpha value is -1.76. The zero-order valence-corrected chi connectivity index (χ0v) is 8.54. The third-order valence-corrected chi connectivity index (χ3v) is 1.99. The quantitative estimate of drug-likeness (QED) is 0.609. The Morgan fingerprint density at radius 2 is 2.12 bits per heavy atom. The second-order valence-electron chi connectivity index (χ2n) is 3.32. The van der Waals surface area contributed by atoms with E-state index in [9.17, 15) is 18.9 Å². The summed E-state index contributed by atoms with van der Waals surface area (Å²) >= 11 is 0. The van der Waals surface area contributed by atoms with Crippen LogP contribution in [0.2, 0.25) is 0 Å². The van der Waals surface area contributed by atoms with Crippen molar-refractivity contribution in [3.05, 3.63) is 33.9 Å². The van der Waals surface area contributed by atoms with Crippen molar-refractivity contribution < 1.29 is 13.7 Å². The maximum atomic E-state index is 13.2. The van der Waals surface area contributed by atoms with Crippen molar-refractivity contribution in [2.24, 2.45) is 5.73 Å². The largest absolute Gasteiger partial charge is 0.379 e. The molecule has 1 aromatic carbocycles. The van der Waals surface area contributed by atoms with Crippen molar-refractivity contribution in [2.75, 3.05) is 11.9 Å². The zero-order chi connectivity index (χ0) is 12.3. The summed E-state index contributed by atoms with van der Waals surface area (Å²) in [4.78, 5) is 9.52. The van der Waals surface area contributed by atoms with Gasteiger partial charge in [0.1, 0.15) is 5.82 Å². The van der Waals surface area contributed by atoms with Crippen LogP contribution >= 0.6 is 0 Å². The molecule has 0 aliphatic carbocycles. The van der Waals surface area contributed by atoms with Crippen LogP contribution in [-0.4, -0.2) is 17.5 Å². The Morgan fingerprint density at radius 1 is 1.50 bits per heavy atom. The molecule has 0 saturated carbocycles. The fraction of sp³-hybridized carbons (Fsp3) is 0.333. The third-order valence-electron chi connectivity index (χ3n) is 1.99. The fourth-order valence-corrected chi connectivity index (χ4v) is 1.11. The van der Waals surface area contributed by atoms with Gasteiger partial charge in [-0.25, -0.2) is 4.39 Å². The van der Waals surface area contributed by atoms with E-state index in [1.54, 1.807) is 6.92 Å². The molecule has 0 saturated heterocycles. The van der Waals surface area contributed by atoms with Gasteiger partial charge in [-0.2, -0.15) is 4.39 Å². The van der Waals surface area contributed by atoms with Crippen molar-refractivity contribution in [3.63, 3.8) is 0 Å². The lowest BCUT2D eigenvalue weighted by Crippen LogP contribution is -2.25. The molecule has 0 aliphatic rings. The SMILES string of the molecule is CC(CN)Nc1cc([N+](=O)[O-])c(F)cc1F. The minimum atomic E-state index is -1.20. The minimum absolute atomic E-state index is 0.133. The second kappa shape index (κ2) is 4.84. The summed E-state index contributed by atoms with van der Waals surface area (Å²) in [6.45, 7) is 1.90. The van der Waals surface area contributed by atoms with Crippen LogP contribution in [0.15, 0.2) is 12.1 Å². The Labute approximate surface area is 90.4 Å². The second-order valence-corrected chi connectivity index (χ2v) is 3.32. The highest BCUT2D eigenvalue weighted by Gasteiger charge is 2.18. The van der Waals surface area contributed by atoms with Gasteiger partial charge in [-0.3, -0.25) is 10.1 Å². The molecule has 0 aromatic heterocycles. The predicted octanol–water partition coefficient (Wildman–Crippen LogP) is 1.63. The van der Waals surface area contributed by atoms with Crippen LogP contribution < -0.4 is 11.1 Å². The lowest BCUT2D eigenvalue weighted by Gasteiger charge is -2.13. The molecule has 7 heteroatoms. The minimum Gasteiger partial charge on any atom is -0.379 e. The third kappa shape index (κ3) is 2.63. The van der Waals surface area contributed by atoms with Gasteiger partial charge in [0.25, 0.3) is 0 Å². The number of hydrogen-bond donors (Lipinski definition) is 2. The molecule has 0 amide bonds. The van der Waals surface area contributed by atoms with E-state index in [-0.39, 0.29) is 18.3 Å². The van der Waals surface area contributed by atoms with Gasteiger partial charge in [-0.05, 0) is 6.92 Å². The topological polar surface area (TPSA) is 81.2 Å². The van der Waals surface area contributed by atoms with Crippen molar-refractivity contribution in [1.29, 1.82) is 0 Å². The molecule has 1 unspecified atom stereocenters. The standard InChI is InChI=1S/C9H11F2N3O2/c1-5(4-12)13-8-3-9(14(15)16)7(11)2-6(8)10/h2-3,5,13H,4,12H2,1H3. The normalized spacial score (nSPS) is 12.2. The van der Waals surface area contributed by atoms with Gasteiger partial charge >= 0.3 is 5.69 Å². The number of hydrogen-bond acceptors (Lipinski definition) is 4. The van der Waals surface area contributed by atoms with E-state index in [2.05, 4.69) is 5.32 Å². The van der Waals surface area contributed by atoms with Gasteiger partial charge in [-0.15, -0.1) is 0 Å². The van der Waals surface area contributed by atoms with Crippen LogP contribution in [-0.2, 0) is 0 Å². The number of benzene rings is 1. The van der Waals surface area contributed by atoms with Gasteiger partial charge < -0.3 is 11.1 Å². The first-order valence-corrected chi connectivity index (χ1v) is 4.55. The molecule has 1 rings (SSSR count). The predicted molar refractivity (Wildman–Crippen MR) is 55.2 cm³/mol. The first-order valence-electron chi connectivity index (χ1n) is 4.55. The summed E-state index contributed by atoms with van der Waals surface area (Å²) in [5, 5.41) is 13.0. The Kier molecular flexibility index (Phi) is 3.73. The van der Waals surface area contributed by atoms with E-state index >= 15 is 0 Å². The average Bonchev–Trinajstić information content (AvgIpc) is 2.21. The molecule has 0 aliphatic heterocycles. The number of nitrogens with zero attached hydrogens (tertiary/aromatic N) is 1. The van der Waals surface area contributed by atoms with Gasteiger partial charge in [0, 0.05) is 24.7 Å². The van der Waals surface area contributed by atoms with Crippen LogP contribution in [0.25, 0.3) is 0 Å². The molecule has 5 nitrogen and oxygen atoms in total. The number of anilines is 1. The molecule has 1 atom stereocenters. The summed E-state index contributed by atoms with van der Waals surface area (Å²) in [7, 11) is 0. The highest BCUT2D eigenvalue weighted by atomic mass is 19.1. The summed E-state index contributed by atoms with van der Waals surface area (Å²) in [5.74, 6) is -2.09. The number of nitro groups is 1. The molecule has 0 fully saturated rings. The highest BCUT2D eigenvalue weighted by molar-refractivity contribution is 5.53. The number of nitrogens with two attached hydrogens (primary N) is 1. The number of rotatable bonds is 4. The van der Waals surface area contributed by atoms with Crippen LogP contribution in [0, 0.1) is 21.7 Å². The molecule has 16 heavy (non-hydrogen) atoms. The van der Waals surface area contributed by atoms with Gasteiger partial charge in [-0.1, -0.05) is 0 Å². The lowest BCUT2D eigenvalue weighted by atomic mass is 10.2. The summed E-state index contributed by atoms with van der Waals surface area (Å²) in [5.41, 5.74) is 4.40. The van der Waals surface area contributed by atoms with Gasteiger partial charge in [0.15, 0.2) is 0 Å². The molecular weight excluding hydrogens is 220 g/mol. The zero-order valence-electron chi connectivity index (χ0n) is 8.54. The van der Waals surface area contributed by atoms with Crippen LogP contribution in [0.5, 0.6) is 0 Å². The van der Waals surface area contributed by atoms with Crippen LogP contribution in [0.1, 0.15) is 6.92 Å². The Bertz CT molecular complexity index is 412. The first-order chi connectivity index (χ1) is 7.45. The van der Waals surface area contributed by atoms with E-state index in [4.69, 9.17) is 5.73 Å². The summed E-state index contributed by atoms with van der Waals surface area (Å²) in [6.07, 6.45) is 0. The van der Waals surface area contributed by atoms with Crippen LogP contribution in [0.3, 0.4) is 0 Å². The Balaban J connectivity index is 3.09. The smallest absolute Gasteiger partial charge is 0.307 e. The van der Waals surface area contributed by atoms with Crippen molar-refractivity contribution >= 4 is 11.4 Å². The molecule has 0 bridgehead atoms. The molecule has 0 spiro atoms. The lowest BCUT2D eigenvalue weighted by molar-refractivity contribution is -0.387. The van der Waals surface area contributed by atoms with Crippen LogP contribution in [0.4, 0.5) is 20.2 Å². The number of halogens is 2. The fourth-order valence-electron chi connectivity index (χ4n) is 1.11. The van der Waals surface area contributed by atoms with Gasteiger partial charge in [0.2, 0.25) is 5.82 Å². The van der Waals surface area contributed by atoms with E-state index in [0.717, 1.165) is 6.07 Å². The Morgan fingerprint density at radius 3 is 2.62 bits per heavy atom. The molecule has 3 N–H and O–H groups in total. The molecule has 88 valence electrons.